The predicted molar refractivity (Wildman–Crippen MR) is 115 cm³/mol. The molecule has 1 aromatic rings. The van der Waals surface area contributed by atoms with Gasteiger partial charge >= 0.3 is 0 Å². The zero-order valence-electron chi connectivity index (χ0n) is 15.7. The van der Waals surface area contributed by atoms with Crippen LogP contribution in [0.25, 0.3) is 0 Å². The van der Waals surface area contributed by atoms with Crippen LogP contribution < -0.4 is 20.1 Å². The lowest BCUT2D eigenvalue weighted by Gasteiger charge is -2.17. The molecular weight excluding hydrogens is 431 g/mol. The Morgan fingerprint density at radius 1 is 1.32 bits per heavy atom. The molecule has 1 aliphatic heterocycles. The number of halogens is 1. The molecule has 0 aromatic heterocycles. The van der Waals surface area contributed by atoms with Crippen LogP contribution in [0, 0.1) is 5.92 Å². The van der Waals surface area contributed by atoms with Crippen LogP contribution >= 0.6 is 24.0 Å². The first-order valence-corrected chi connectivity index (χ1v) is 8.71. The molecule has 1 saturated heterocycles. The minimum absolute atomic E-state index is 0. The fraction of sp³-hybridized carbons (Fsp3) is 0.611. The molecular formula is C18H31IN4O2. The van der Waals surface area contributed by atoms with Crippen molar-refractivity contribution in [3.05, 3.63) is 18.2 Å². The van der Waals surface area contributed by atoms with Crippen molar-refractivity contribution in [3.63, 3.8) is 0 Å². The minimum Gasteiger partial charge on any atom is -0.493 e. The summed E-state index contributed by atoms with van der Waals surface area (Å²) in [5.74, 6) is 2.92. The van der Waals surface area contributed by atoms with Crippen molar-refractivity contribution >= 4 is 35.6 Å². The van der Waals surface area contributed by atoms with Crippen molar-refractivity contribution in [2.24, 2.45) is 10.9 Å². The summed E-state index contributed by atoms with van der Waals surface area (Å²) in [6.07, 6.45) is 1.24. The van der Waals surface area contributed by atoms with Crippen molar-refractivity contribution in [2.75, 3.05) is 52.3 Å². The van der Waals surface area contributed by atoms with Crippen LogP contribution in [0.3, 0.4) is 0 Å². The van der Waals surface area contributed by atoms with Gasteiger partial charge in [0.05, 0.1) is 13.7 Å². The van der Waals surface area contributed by atoms with Crippen molar-refractivity contribution in [2.45, 2.75) is 20.3 Å². The first-order valence-electron chi connectivity index (χ1n) is 8.71. The maximum Gasteiger partial charge on any atom is 0.195 e. The number of guanidine groups is 1. The van der Waals surface area contributed by atoms with E-state index in [1.54, 1.807) is 14.2 Å². The number of likely N-dealkylation sites (tertiary alicyclic amines) is 1. The molecule has 0 radical (unpaired) electrons. The number of anilines is 1. The number of hydrogen-bond acceptors (Lipinski definition) is 4. The third-order valence-corrected chi connectivity index (χ3v) is 4.33. The van der Waals surface area contributed by atoms with E-state index in [-0.39, 0.29) is 24.0 Å². The summed E-state index contributed by atoms with van der Waals surface area (Å²) in [6.45, 7) is 9.21. The Morgan fingerprint density at radius 2 is 2.12 bits per heavy atom. The number of aliphatic imine (C=N–C) groups is 1. The van der Waals surface area contributed by atoms with E-state index in [2.05, 4.69) is 27.4 Å². The highest BCUT2D eigenvalue weighted by Crippen LogP contribution is 2.30. The zero-order chi connectivity index (χ0) is 17.4. The highest BCUT2D eigenvalue weighted by molar-refractivity contribution is 14.0. The van der Waals surface area contributed by atoms with Gasteiger partial charge in [-0.1, -0.05) is 6.92 Å². The minimum atomic E-state index is 0. The van der Waals surface area contributed by atoms with Gasteiger partial charge in [-0.2, -0.15) is 0 Å². The van der Waals surface area contributed by atoms with Gasteiger partial charge in [-0.25, -0.2) is 0 Å². The standard InChI is InChI=1S/C18H30N4O2.HI/c1-5-22-10-9-14(13-22)12-20-18(19-3)21-15-7-8-16(23-4)17(11-15)24-6-2;/h7-8,11,14H,5-6,9-10,12-13H2,1-4H3,(H2,19,20,21);1H. The molecule has 0 spiro atoms. The summed E-state index contributed by atoms with van der Waals surface area (Å²) >= 11 is 0. The number of nitrogens with one attached hydrogen (secondary N) is 2. The molecule has 1 aliphatic rings. The Labute approximate surface area is 168 Å². The third-order valence-electron chi connectivity index (χ3n) is 4.33. The number of nitrogens with zero attached hydrogens (tertiary/aromatic N) is 2. The van der Waals surface area contributed by atoms with Crippen molar-refractivity contribution in [1.29, 1.82) is 0 Å². The molecule has 0 bridgehead atoms. The Bertz CT molecular complexity index is 554. The lowest BCUT2D eigenvalue weighted by Crippen LogP contribution is -2.35. The summed E-state index contributed by atoms with van der Waals surface area (Å²) < 4.78 is 10.9. The van der Waals surface area contributed by atoms with Crippen LogP contribution in [0.1, 0.15) is 20.3 Å². The third kappa shape index (κ3) is 6.54. The molecule has 1 aromatic carbocycles. The van der Waals surface area contributed by atoms with Gasteiger partial charge in [0.15, 0.2) is 17.5 Å². The molecule has 2 rings (SSSR count). The number of methoxy groups -OCH3 is 1. The molecule has 25 heavy (non-hydrogen) atoms. The van der Waals surface area contributed by atoms with E-state index in [1.165, 1.54) is 13.0 Å². The summed E-state index contributed by atoms with van der Waals surface area (Å²) in [5.41, 5.74) is 0.925. The Balaban J connectivity index is 0.00000312. The van der Waals surface area contributed by atoms with Crippen molar-refractivity contribution < 1.29 is 9.47 Å². The summed E-state index contributed by atoms with van der Waals surface area (Å²) in [6, 6.07) is 5.79. The predicted octanol–water partition coefficient (Wildman–Crippen LogP) is 3.04. The normalized spacial score (nSPS) is 17.8. The first kappa shape index (κ1) is 21.8. The zero-order valence-corrected chi connectivity index (χ0v) is 18.0. The second-order valence-electron chi connectivity index (χ2n) is 5.92. The van der Waals surface area contributed by atoms with Crippen LogP contribution in [-0.2, 0) is 0 Å². The molecule has 2 N–H and O–H groups in total. The van der Waals surface area contributed by atoms with Gasteiger partial charge in [0.25, 0.3) is 0 Å². The van der Waals surface area contributed by atoms with Crippen LogP contribution in [0.2, 0.25) is 0 Å². The second-order valence-corrected chi connectivity index (χ2v) is 5.92. The van der Waals surface area contributed by atoms with Crippen LogP contribution in [0.4, 0.5) is 5.69 Å². The molecule has 0 saturated carbocycles. The highest BCUT2D eigenvalue weighted by atomic mass is 127. The monoisotopic (exact) mass is 462 g/mol. The molecule has 1 unspecified atom stereocenters. The van der Waals surface area contributed by atoms with Crippen LogP contribution in [0.5, 0.6) is 11.5 Å². The van der Waals surface area contributed by atoms with E-state index in [0.717, 1.165) is 42.8 Å². The van der Waals surface area contributed by atoms with E-state index >= 15 is 0 Å². The van der Waals surface area contributed by atoms with Gasteiger partial charge in [-0.05, 0) is 44.5 Å². The van der Waals surface area contributed by atoms with Gasteiger partial charge < -0.3 is 25.0 Å². The maximum atomic E-state index is 5.62. The topological polar surface area (TPSA) is 58.1 Å². The van der Waals surface area contributed by atoms with E-state index in [9.17, 15) is 0 Å². The van der Waals surface area contributed by atoms with E-state index in [1.807, 2.05) is 25.1 Å². The highest BCUT2D eigenvalue weighted by Gasteiger charge is 2.21. The molecule has 0 amide bonds. The Morgan fingerprint density at radius 3 is 2.72 bits per heavy atom. The molecule has 6 nitrogen and oxygen atoms in total. The van der Waals surface area contributed by atoms with Gasteiger partial charge in [0.2, 0.25) is 0 Å². The smallest absolute Gasteiger partial charge is 0.195 e. The fourth-order valence-electron chi connectivity index (χ4n) is 2.95. The molecule has 0 aliphatic carbocycles. The number of benzene rings is 1. The van der Waals surface area contributed by atoms with Crippen molar-refractivity contribution in [3.8, 4) is 11.5 Å². The number of hydrogen-bond donors (Lipinski definition) is 2. The quantitative estimate of drug-likeness (QED) is 0.371. The Hall–Kier alpha value is -1.22. The molecule has 1 fully saturated rings. The second kappa shape index (κ2) is 11.4. The maximum absolute atomic E-state index is 5.62. The lowest BCUT2D eigenvalue weighted by atomic mass is 10.1. The van der Waals surface area contributed by atoms with Crippen LogP contribution in [0.15, 0.2) is 23.2 Å². The van der Waals surface area contributed by atoms with Gasteiger partial charge in [-0.15, -0.1) is 24.0 Å². The average Bonchev–Trinajstić information content (AvgIpc) is 3.07. The first-order chi connectivity index (χ1) is 11.7. The van der Waals surface area contributed by atoms with E-state index < -0.39 is 0 Å². The van der Waals surface area contributed by atoms with E-state index in [4.69, 9.17) is 9.47 Å². The van der Waals surface area contributed by atoms with Gasteiger partial charge in [0.1, 0.15) is 0 Å². The summed E-state index contributed by atoms with van der Waals surface area (Å²) in [7, 11) is 3.43. The van der Waals surface area contributed by atoms with E-state index in [0.29, 0.717) is 12.5 Å². The SMILES string of the molecule is CCOc1cc(NC(=NC)NCC2CCN(CC)C2)ccc1OC.I. The summed E-state index contributed by atoms with van der Waals surface area (Å²) in [5, 5.41) is 6.74. The largest absolute Gasteiger partial charge is 0.493 e. The molecule has 142 valence electrons. The summed E-state index contributed by atoms with van der Waals surface area (Å²) in [4.78, 5) is 6.80. The lowest BCUT2D eigenvalue weighted by molar-refractivity contribution is 0.311. The molecule has 1 heterocycles. The Kier molecular flexibility index (Phi) is 9.96. The fourth-order valence-corrected chi connectivity index (χ4v) is 2.95. The molecule has 7 heteroatoms. The number of rotatable bonds is 7. The van der Waals surface area contributed by atoms with Crippen molar-refractivity contribution in [1.82, 2.24) is 10.2 Å². The average molecular weight is 462 g/mol. The molecule has 1 atom stereocenters. The van der Waals surface area contributed by atoms with Gasteiger partial charge in [-0.3, -0.25) is 4.99 Å². The number of ether oxygens (including phenoxy) is 2. The van der Waals surface area contributed by atoms with Crippen LogP contribution in [-0.4, -0.2) is 57.8 Å². The van der Waals surface area contributed by atoms with Gasteiger partial charge in [0, 0.05) is 31.9 Å².